The predicted octanol–water partition coefficient (Wildman–Crippen LogP) is 9.41. The molecule has 0 N–H and O–H groups in total. The van der Waals surface area contributed by atoms with Gasteiger partial charge in [0.2, 0.25) is 0 Å². The summed E-state index contributed by atoms with van der Waals surface area (Å²) < 4.78 is 291. The van der Waals surface area contributed by atoms with Gasteiger partial charge in [-0.3, -0.25) is 43.2 Å². The minimum Gasteiger partial charge on any atom is -0.462 e. The molecule has 3 saturated carbocycles. The van der Waals surface area contributed by atoms with Gasteiger partial charge in [-0.25, -0.2) is 23.2 Å². The summed E-state index contributed by atoms with van der Waals surface area (Å²) in [6.07, 6.45) is -28.5. The highest BCUT2D eigenvalue weighted by atomic mass is 19.4. The van der Waals surface area contributed by atoms with Crippen molar-refractivity contribution in [1.82, 2.24) is 0 Å². The van der Waals surface area contributed by atoms with Crippen LogP contribution < -0.4 is 0 Å². The van der Waals surface area contributed by atoms with E-state index in [-0.39, 0.29) is 62.0 Å². The summed E-state index contributed by atoms with van der Waals surface area (Å²) in [5.74, 6) is -35.2. The maximum absolute atomic E-state index is 13.1. The molecule has 0 heterocycles. The van der Waals surface area contributed by atoms with Crippen LogP contribution in [0.15, 0.2) is 36.5 Å². The van der Waals surface area contributed by atoms with Crippen LogP contribution in [-0.4, -0.2) is 194 Å². The lowest BCUT2D eigenvalue weighted by molar-refractivity contribution is -0.294. The van der Waals surface area contributed by atoms with Gasteiger partial charge in [-0.05, 0) is 78.6 Å². The van der Waals surface area contributed by atoms with Gasteiger partial charge >= 0.3 is 108 Å². The lowest BCUT2D eigenvalue weighted by atomic mass is 9.74. The van der Waals surface area contributed by atoms with Gasteiger partial charge < -0.3 is 56.8 Å². The van der Waals surface area contributed by atoms with Crippen LogP contribution in [0.1, 0.15) is 85.5 Å². The van der Waals surface area contributed by atoms with E-state index in [1.165, 1.54) is 20.8 Å². The third-order valence-corrected chi connectivity index (χ3v) is 13.9. The standard InChI is InChI=1S/C21H25F7O8.2C19H22F6O8/c1-11(2)15(29)33-6-7-34-18(32)14-8-12(16(30)35-9-19(3,22)23)4-5-13(14)17(31)36-10-20(24,25)21(26,27)28;1-10(2)14(26)30-5-6-31-17(29)13-7-11(15(27)32-8-18(20,21)22)3-4-12(13)16(28)33-9-19(23,24)25;1-10(2)14(26)30-5-6-31-15(27)11-3-4-12(16(28)32-8-18(20,21)22)13(7-11)17(29)33-9-19(23,24)25/h12-14H,1,4-10H2,2-3H3;2*11-13H,1,3-9H2,2H3. The van der Waals surface area contributed by atoms with Crippen molar-refractivity contribution in [3.63, 3.8) is 0 Å². The number of ether oxygens (including phenoxy) is 12. The molecule has 3 fully saturated rings. The van der Waals surface area contributed by atoms with Crippen LogP contribution in [0.25, 0.3) is 0 Å². The van der Waals surface area contributed by atoms with Crippen LogP contribution in [0.3, 0.4) is 0 Å². The topological polar surface area (TPSA) is 316 Å². The molecule has 24 nitrogen and oxygen atoms in total. The largest absolute Gasteiger partial charge is 0.462 e. The van der Waals surface area contributed by atoms with E-state index in [4.69, 9.17) is 28.4 Å². The number of rotatable bonds is 29. The maximum atomic E-state index is 13.1. The molecule has 102 heavy (non-hydrogen) atoms. The van der Waals surface area contributed by atoms with E-state index >= 15 is 0 Å². The molecule has 43 heteroatoms. The number of halogens is 19. The van der Waals surface area contributed by atoms with Crippen molar-refractivity contribution >= 4 is 71.6 Å². The first-order chi connectivity index (χ1) is 46.6. The van der Waals surface area contributed by atoms with Crippen molar-refractivity contribution in [2.24, 2.45) is 53.3 Å². The lowest BCUT2D eigenvalue weighted by Crippen LogP contribution is -2.44. The highest BCUT2D eigenvalue weighted by Crippen LogP contribution is 2.41. The van der Waals surface area contributed by atoms with Crippen LogP contribution in [0.4, 0.5) is 83.4 Å². The quantitative estimate of drug-likeness (QED) is 0.0221. The van der Waals surface area contributed by atoms with Crippen molar-refractivity contribution < 1.29 is 198 Å². The van der Waals surface area contributed by atoms with E-state index in [0.29, 0.717) is 6.92 Å². The van der Waals surface area contributed by atoms with Gasteiger partial charge in [0.25, 0.3) is 5.92 Å². The fourth-order valence-corrected chi connectivity index (χ4v) is 9.03. The van der Waals surface area contributed by atoms with Crippen molar-refractivity contribution in [2.75, 3.05) is 79.3 Å². The van der Waals surface area contributed by atoms with Crippen LogP contribution in [0.2, 0.25) is 0 Å². The summed E-state index contributed by atoms with van der Waals surface area (Å²) in [5, 5.41) is 0. The summed E-state index contributed by atoms with van der Waals surface area (Å²) in [4.78, 5) is 144. The Kier molecular flexibility index (Phi) is 36.3. The summed E-state index contributed by atoms with van der Waals surface area (Å²) in [5.41, 5.74) is 0.227. The zero-order valence-electron chi connectivity index (χ0n) is 54.1. The minimum absolute atomic E-state index is 0.0473. The summed E-state index contributed by atoms with van der Waals surface area (Å²) in [6, 6.07) is 0. The van der Waals surface area contributed by atoms with E-state index in [1.54, 1.807) is 0 Å². The Morgan fingerprint density at radius 3 is 0.735 bits per heavy atom. The molecule has 9 atom stereocenters. The molecule has 0 saturated heterocycles. The maximum Gasteiger partial charge on any atom is 0.456 e. The SMILES string of the molecule is C=C(C)C(=O)OCCOC(=O)C1CC(C(=O)OCC(C)(F)F)CCC1C(=O)OCC(F)(F)C(F)(F)F.C=C(C)C(=O)OCCOC(=O)C1CC(C(=O)OCC(F)(F)F)CCC1C(=O)OCC(F)(F)F.C=C(C)C(=O)OCCOC(=O)C1CCC(C(=O)OCC(F)(F)F)C(C(=O)OCC(F)(F)F)C1. The van der Waals surface area contributed by atoms with Gasteiger partial charge in [-0.15, -0.1) is 0 Å². The number of hydrogen-bond donors (Lipinski definition) is 0. The Labute approximate surface area is 565 Å². The first kappa shape index (κ1) is 91.5. The summed E-state index contributed by atoms with van der Waals surface area (Å²) >= 11 is 0. The first-order valence-corrected chi connectivity index (χ1v) is 29.6. The predicted molar refractivity (Wildman–Crippen MR) is 295 cm³/mol. The van der Waals surface area contributed by atoms with Gasteiger partial charge in [0, 0.05) is 23.6 Å². The Morgan fingerprint density at radius 2 is 0.490 bits per heavy atom. The Morgan fingerprint density at radius 1 is 0.284 bits per heavy atom. The number of esters is 12. The van der Waals surface area contributed by atoms with Crippen LogP contribution in [-0.2, 0) is 114 Å². The van der Waals surface area contributed by atoms with Gasteiger partial charge in [0.05, 0.1) is 53.3 Å². The third-order valence-electron chi connectivity index (χ3n) is 13.9. The molecule has 0 aliphatic heterocycles. The zero-order valence-corrected chi connectivity index (χ0v) is 54.1. The second-order valence-electron chi connectivity index (χ2n) is 22.8. The third kappa shape index (κ3) is 35.9. The molecule has 9 unspecified atom stereocenters. The highest BCUT2D eigenvalue weighted by Gasteiger charge is 2.59. The van der Waals surface area contributed by atoms with Crippen molar-refractivity contribution in [2.45, 2.75) is 128 Å². The van der Waals surface area contributed by atoms with Gasteiger partial charge in [-0.2, -0.15) is 74.6 Å². The number of carbonyl (C=O) groups excluding carboxylic acids is 12. The van der Waals surface area contributed by atoms with E-state index in [0.717, 1.165) is 0 Å². The Bertz CT molecular complexity index is 2930. The number of hydrogen-bond acceptors (Lipinski definition) is 24. The average molecular weight is 1520 g/mol. The number of alkyl halides is 19. The highest BCUT2D eigenvalue weighted by molar-refractivity contribution is 5.89. The fraction of sp³-hybridized carbons (Fsp3) is 0.695. The molecule has 582 valence electrons. The molecule has 0 aromatic heterocycles. The monoisotopic (exact) mass is 1520 g/mol. The average Bonchev–Trinajstić information content (AvgIpc) is 0.826. The molecule has 0 radical (unpaired) electrons. The Balaban J connectivity index is 0.000000766. The summed E-state index contributed by atoms with van der Waals surface area (Å²) in [7, 11) is 0. The van der Waals surface area contributed by atoms with Crippen molar-refractivity contribution in [3.8, 4) is 0 Å². The zero-order chi connectivity index (χ0) is 78.7. The van der Waals surface area contributed by atoms with E-state index < -0.39 is 259 Å². The fourth-order valence-electron chi connectivity index (χ4n) is 9.03. The van der Waals surface area contributed by atoms with Crippen LogP contribution >= 0.6 is 0 Å². The summed E-state index contributed by atoms with van der Waals surface area (Å²) in [6.45, 7) is 0.810. The number of carbonyl (C=O) groups is 12. The molecular formula is C59H69F19O24. The van der Waals surface area contributed by atoms with Crippen LogP contribution in [0.5, 0.6) is 0 Å². The van der Waals surface area contributed by atoms with E-state index in [2.05, 4.69) is 48.2 Å². The normalized spacial score (nSPS) is 20.9. The lowest BCUT2D eigenvalue weighted by Gasteiger charge is -2.32. The smallest absolute Gasteiger partial charge is 0.456 e. The molecular weight excluding hydrogens is 1450 g/mol. The van der Waals surface area contributed by atoms with Gasteiger partial charge in [0.1, 0.15) is 39.6 Å². The minimum atomic E-state index is -5.99. The molecule has 3 aliphatic rings. The second-order valence-corrected chi connectivity index (χ2v) is 22.8. The van der Waals surface area contributed by atoms with Crippen molar-refractivity contribution in [1.29, 1.82) is 0 Å². The molecule has 0 amide bonds. The van der Waals surface area contributed by atoms with Gasteiger partial charge in [0.15, 0.2) is 39.6 Å². The van der Waals surface area contributed by atoms with E-state index in [1.807, 2.05) is 0 Å². The molecule has 0 aromatic rings. The first-order valence-electron chi connectivity index (χ1n) is 29.6. The van der Waals surface area contributed by atoms with Crippen LogP contribution in [0, 0.1) is 53.3 Å². The molecule has 0 spiro atoms. The molecule has 0 bridgehead atoms. The molecule has 3 aliphatic carbocycles. The Hall–Kier alpha value is -8.47. The van der Waals surface area contributed by atoms with Crippen molar-refractivity contribution in [3.05, 3.63) is 36.5 Å². The van der Waals surface area contributed by atoms with E-state index in [9.17, 15) is 141 Å². The second kappa shape index (κ2) is 40.4. The van der Waals surface area contributed by atoms with Gasteiger partial charge in [-0.1, -0.05) is 19.7 Å². The molecule has 3 rings (SSSR count). The molecule has 0 aromatic carbocycles.